The van der Waals surface area contributed by atoms with Crippen LogP contribution in [0.25, 0.3) is 0 Å². The summed E-state index contributed by atoms with van der Waals surface area (Å²) in [7, 11) is 0. The Bertz CT molecular complexity index is 1490. The molecule has 4 aromatic rings. The number of hydrogen-bond donors (Lipinski definition) is 4. The average molecular weight is 699 g/mol. The minimum atomic E-state index is -1.29. The molecule has 240 valence electrons. The van der Waals surface area contributed by atoms with E-state index in [0.29, 0.717) is 57.1 Å². The van der Waals surface area contributed by atoms with Crippen molar-refractivity contribution < 1.29 is 4.79 Å². The van der Waals surface area contributed by atoms with Gasteiger partial charge in [0.25, 0.3) is 0 Å². The van der Waals surface area contributed by atoms with Gasteiger partial charge in [0, 0.05) is 31.5 Å². The predicted molar refractivity (Wildman–Crippen MR) is 198 cm³/mol. The van der Waals surface area contributed by atoms with E-state index >= 15 is 4.79 Å². The van der Waals surface area contributed by atoms with E-state index in [1.807, 2.05) is 62.4 Å². The van der Waals surface area contributed by atoms with Crippen LogP contribution in [0.1, 0.15) is 39.5 Å². The molecule has 0 saturated carbocycles. The third-order valence-electron chi connectivity index (χ3n) is 7.17. The van der Waals surface area contributed by atoms with Gasteiger partial charge in [-0.2, -0.15) is 10.2 Å². The largest absolute Gasteiger partial charge is 0.368 e. The Balaban J connectivity index is 1.83. The Labute approximate surface area is 290 Å². The summed E-state index contributed by atoms with van der Waals surface area (Å²) in [5.41, 5.74) is 6.37. The molecule has 2 unspecified atom stereocenters. The van der Waals surface area contributed by atoms with Crippen molar-refractivity contribution in [2.45, 2.75) is 50.6 Å². The van der Waals surface area contributed by atoms with Gasteiger partial charge in [0.2, 0.25) is 0 Å². The van der Waals surface area contributed by atoms with Crippen LogP contribution in [0.2, 0.25) is 20.1 Å². The molecule has 4 rings (SSSR count). The molecular formula is C35H36Cl4N6O. The van der Waals surface area contributed by atoms with E-state index in [9.17, 15) is 0 Å². The first-order chi connectivity index (χ1) is 22.2. The van der Waals surface area contributed by atoms with E-state index in [-0.39, 0.29) is 5.78 Å². The van der Waals surface area contributed by atoms with Crippen LogP contribution in [0, 0.1) is 0 Å². The lowest BCUT2D eigenvalue weighted by atomic mass is 9.76. The van der Waals surface area contributed by atoms with Gasteiger partial charge in [-0.25, -0.2) is 0 Å². The highest BCUT2D eigenvalue weighted by Gasteiger charge is 2.49. The number of benzene rings is 4. The van der Waals surface area contributed by atoms with E-state index < -0.39 is 11.1 Å². The van der Waals surface area contributed by atoms with Gasteiger partial charge in [-0.1, -0.05) is 73.1 Å². The molecule has 0 aromatic heterocycles. The highest BCUT2D eigenvalue weighted by atomic mass is 35.5. The number of hydrogen-bond acceptors (Lipinski definition) is 7. The average Bonchev–Trinajstić information content (AvgIpc) is 3.05. The number of carbonyl (C=O) groups is 1. The molecule has 0 amide bonds. The maximum atomic E-state index is 15.3. The first kappa shape index (κ1) is 35.1. The lowest BCUT2D eigenvalue weighted by Crippen LogP contribution is -2.62. The Hall–Kier alpha value is -3.75. The predicted octanol–water partition coefficient (Wildman–Crippen LogP) is 10.7. The van der Waals surface area contributed by atoms with Crippen molar-refractivity contribution in [2.75, 3.05) is 21.5 Å². The SMILES string of the molecule is CCCC(C=NNc1ccc(Cl)cc1)(Nc1ccc(Cl)cc1)C(=O)C(C=NNc1ccc(Cl)cc1)(CCC)Nc1ccc(Cl)cc1. The molecule has 11 heteroatoms. The summed E-state index contributed by atoms with van der Waals surface area (Å²) in [6, 6.07) is 28.8. The molecule has 0 heterocycles. The Kier molecular flexibility index (Phi) is 12.8. The monoisotopic (exact) mass is 696 g/mol. The maximum absolute atomic E-state index is 15.3. The quantitative estimate of drug-likeness (QED) is 0.0691. The van der Waals surface area contributed by atoms with Crippen molar-refractivity contribution in [2.24, 2.45) is 10.2 Å². The van der Waals surface area contributed by atoms with E-state index in [4.69, 9.17) is 46.4 Å². The zero-order valence-corrected chi connectivity index (χ0v) is 28.6. The van der Waals surface area contributed by atoms with Gasteiger partial charge in [0.05, 0.1) is 23.8 Å². The number of carbonyl (C=O) groups excluding carboxylic acids is 1. The van der Waals surface area contributed by atoms with E-state index in [0.717, 1.165) is 11.4 Å². The standard InChI is InChI=1S/C35H36Cl4N6O/c1-3-21-34(42-29-13-5-25(36)6-14-29,23-40-44-31-17-9-27(38)10-18-31)33(46)35(22-4-2,43-30-15-7-26(37)8-16-30)24-41-45-32-19-11-28(39)12-20-32/h5-20,23-24,42-45H,3-4,21-22H2,1-2H3. The van der Waals surface area contributed by atoms with Crippen LogP contribution in [0.3, 0.4) is 0 Å². The summed E-state index contributed by atoms with van der Waals surface area (Å²) in [6.45, 7) is 4.05. The van der Waals surface area contributed by atoms with Gasteiger partial charge >= 0.3 is 0 Å². The highest BCUT2D eigenvalue weighted by molar-refractivity contribution is 6.31. The molecule has 46 heavy (non-hydrogen) atoms. The van der Waals surface area contributed by atoms with E-state index in [1.54, 1.807) is 61.0 Å². The number of halogens is 4. The van der Waals surface area contributed by atoms with Gasteiger partial charge in [0.15, 0.2) is 5.78 Å². The third-order valence-corrected chi connectivity index (χ3v) is 8.18. The van der Waals surface area contributed by atoms with Crippen molar-refractivity contribution in [3.63, 3.8) is 0 Å². The molecule has 0 saturated heterocycles. The summed E-state index contributed by atoms with van der Waals surface area (Å²) in [5.74, 6) is -0.183. The molecule has 0 spiro atoms. The maximum Gasteiger partial charge on any atom is 0.194 e. The summed E-state index contributed by atoms with van der Waals surface area (Å²) in [4.78, 5) is 15.3. The van der Waals surface area contributed by atoms with Crippen LogP contribution in [-0.4, -0.2) is 29.3 Å². The number of nitrogens with zero attached hydrogens (tertiary/aromatic N) is 2. The molecule has 2 atom stereocenters. The minimum Gasteiger partial charge on any atom is -0.368 e. The molecule has 0 radical (unpaired) electrons. The Morgan fingerprint density at radius 3 is 1.11 bits per heavy atom. The van der Waals surface area contributed by atoms with Gasteiger partial charge in [-0.05, 0) is 110 Å². The minimum absolute atomic E-state index is 0.183. The fraction of sp³-hybridized carbons (Fsp3) is 0.229. The zero-order chi connectivity index (χ0) is 33.0. The summed E-state index contributed by atoms with van der Waals surface area (Å²) in [5, 5.41) is 18.6. The summed E-state index contributed by atoms with van der Waals surface area (Å²) in [6.07, 6.45) is 5.46. The lowest BCUT2D eigenvalue weighted by Gasteiger charge is -2.40. The molecule has 0 aliphatic heterocycles. The van der Waals surface area contributed by atoms with Crippen LogP contribution in [0.4, 0.5) is 22.7 Å². The van der Waals surface area contributed by atoms with Crippen molar-refractivity contribution in [1.29, 1.82) is 0 Å². The second-order valence-electron chi connectivity index (χ2n) is 10.8. The number of anilines is 4. The third kappa shape index (κ3) is 9.63. The Morgan fingerprint density at radius 1 is 0.543 bits per heavy atom. The first-order valence-electron chi connectivity index (χ1n) is 14.9. The summed E-state index contributed by atoms with van der Waals surface area (Å²) < 4.78 is 0. The fourth-order valence-electron chi connectivity index (χ4n) is 5.03. The van der Waals surface area contributed by atoms with Crippen LogP contribution in [0.5, 0.6) is 0 Å². The topological polar surface area (TPSA) is 89.9 Å². The van der Waals surface area contributed by atoms with Gasteiger partial charge in [-0.15, -0.1) is 0 Å². The molecule has 4 aromatic carbocycles. The van der Waals surface area contributed by atoms with Crippen molar-refractivity contribution >= 4 is 87.4 Å². The normalized spacial score (nSPS) is 14.0. The molecular weight excluding hydrogens is 662 g/mol. The number of hydrazone groups is 2. The van der Waals surface area contributed by atoms with Gasteiger partial charge < -0.3 is 10.6 Å². The van der Waals surface area contributed by atoms with Crippen LogP contribution >= 0.6 is 46.4 Å². The molecule has 0 aliphatic carbocycles. The van der Waals surface area contributed by atoms with Crippen LogP contribution < -0.4 is 21.5 Å². The smallest absolute Gasteiger partial charge is 0.194 e. The summed E-state index contributed by atoms with van der Waals surface area (Å²) >= 11 is 24.6. The van der Waals surface area contributed by atoms with Gasteiger partial charge in [-0.3, -0.25) is 15.6 Å². The van der Waals surface area contributed by atoms with Crippen molar-refractivity contribution in [3.8, 4) is 0 Å². The van der Waals surface area contributed by atoms with Crippen LogP contribution in [-0.2, 0) is 4.79 Å². The molecule has 0 aliphatic rings. The zero-order valence-electron chi connectivity index (χ0n) is 25.5. The first-order valence-corrected chi connectivity index (χ1v) is 16.4. The number of rotatable bonds is 16. The number of ketones is 1. The number of nitrogens with one attached hydrogen (secondary N) is 4. The van der Waals surface area contributed by atoms with Crippen LogP contribution in [0.15, 0.2) is 107 Å². The second-order valence-corrected chi connectivity index (χ2v) is 12.5. The molecule has 4 N–H and O–H groups in total. The van der Waals surface area contributed by atoms with E-state index in [2.05, 4.69) is 31.7 Å². The van der Waals surface area contributed by atoms with Crippen molar-refractivity contribution in [1.82, 2.24) is 0 Å². The van der Waals surface area contributed by atoms with Gasteiger partial charge in [0.1, 0.15) is 11.1 Å². The fourth-order valence-corrected chi connectivity index (χ4v) is 5.53. The number of Topliss-reactive ketones (excluding diaryl/α,β-unsaturated/α-hetero) is 1. The molecule has 0 bridgehead atoms. The lowest BCUT2D eigenvalue weighted by molar-refractivity contribution is -0.123. The second kappa shape index (κ2) is 16.7. The Morgan fingerprint density at radius 2 is 0.826 bits per heavy atom. The van der Waals surface area contributed by atoms with Crippen molar-refractivity contribution in [3.05, 3.63) is 117 Å². The van der Waals surface area contributed by atoms with E-state index in [1.165, 1.54) is 0 Å². The highest BCUT2D eigenvalue weighted by Crippen LogP contribution is 2.31. The molecule has 7 nitrogen and oxygen atoms in total. The molecule has 0 fully saturated rings.